The van der Waals surface area contributed by atoms with Gasteiger partial charge < -0.3 is 15.1 Å². The molecule has 4 nitrogen and oxygen atoms in total. The third-order valence-electron chi connectivity index (χ3n) is 4.92. The van der Waals surface area contributed by atoms with Gasteiger partial charge in [0, 0.05) is 22.8 Å². The molecule has 1 N–H and O–H groups in total. The molecule has 0 aliphatic carbocycles. The molecule has 0 bridgehead atoms. The molecule has 2 aromatic rings. The number of para-hydroxylation sites is 2. The summed E-state index contributed by atoms with van der Waals surface area (Å²) in [7, 11) is 1.80. The predicted octanol–water partition coefficient (Wildman–Crippen LogP) is 3.66. The number of benzene rings is 2. The quantitative estimate of drug-likeness (QED) is 0.905. The first-order valence-electron chi connectivity index (χ1n) is 8.27. The lowest BCUT2D eigenvalue weighted by Crippen LogP contribution is -2.38. The molecule has 124 valence electrons. The Bertz CT molecular complexity index is 820. The van der Waals surface area contributed by atoms with Crippen LogP contribution in [-0.4, -0.2) is 26.0 Å². The van der Waals surface area contributed by atoms with Gasteiger partial charge in [0.25, 0.3) is 0 Å². The van der Waals surface area contributed by atoms with Gasteiger partial charge in [-0.25, -0.2) is 0 Å². The number of amides is 1. The number of carbonyl (C=O) groups excluding carboxylic acids is 1. The lowest BCUT2D eigenvalue weighted by molar-refractivity contribution is -0.118. The van der Waals surface area contributed by atoms with Crippen LogP contribution in [-0.2, 0) is 11.2 Å². The summed E-state index contributed by atoms with van der Waals surface area (Å²) in [6.07, 6.45) is 0.981. The van der Waals surface area contributed by atoms with E-state index in [1.807, 2.05) is 29.2 Å². The van der Waals surface area contributed by atoms with Crippen LogP contribution in [0.25, 0.3) is 0 Å². The van der Waals surface area contributed by atoms with E-state index < -0.39 is 0 Å². The molecule has 0 fully saturated rings. The van der Waals surface area contributed by atoms with Crippen LogP contribution in [0, 0.1) is 0 Å². The van der Waals surface area contributed by atoms with Crippen molar-refractivity contribution in [2.45, 2.75) is 19.4 Å². The molecule has 0 aromatic heterocycles. The molecule has 2 aliphatic rings. The van der Waals surface area contributed by atoms with Gasteiger partial charge >= 0.3 is 0 Å². The molecule has 2 heterocycles. The average Bonchev–Trinajstić information content (AvgIpc) is 2.94. The zero-order valence-corrected chi connectivity index (χ0v) is 14.6. The summed E-state index contributed by atoms with van der Waals surface area (Å²) in [6.45, 7) is 3.31. The van der Waals surface area contributed by atoms with Crippen LogP contribution in [0.1, 0.15) is 24.1 Å². The molecule has 0 spiro atoms. The fraction of sp³-hybridized carbons (Fsp3) is 0.316. The van der Waals surface area contributed by atoms with Crippen molar-refractivity contribution >= 4 is 34.6 Å². The number of hydrogen-bond donors (Lipinski definition) is 1. The maximum Gasteiger partial charge on any atom is 0.241 e. The van der Waals surface area contributed by atoms with E-state index in [1.165, 1.54) is 11.3 Å². The molecule has 5 heteroatoms. The lowest BCUT2D eigenvalue weighted by Gasteiger charge is -2.29. The molecule has 2 aromatic carbocycles. The standard InChI is InChI=1S/C19H20ClN3O/c1-12-15-10-14(20)9-13-7-8-22(19(13)15)16-5-3-4-6-17(16)23(12)18(24)11-21-2/h3-6,9-10,12,21H,7-8,11H2,1-2H3. The van der Waals surface area contributed by atoms with Crippen LogP contribution in [0.4, 0.5) is 17.1 Å². The highest BCUT2D eigenvalue weighted by Gasteiger charge is 2.36. The molecule has 24 heavy (non-hydrogen) atoms. The summed E-state index contributed by atoms with van der Waals surface area (Å²) in [4.78, 5) is 17.1. The molecule has 1 atom stereocenters. The van der Waals surface area contributed by atoms with Gasteiger partial charge in [-0.15, -0.1) is 0 Å². The Morgan fingerprint density at radius 2 is 2.04 bits per heavy atom. The topological polar surface area (TPSA) is 35.6 Å². The van der Waals surface area contributed by atoms with Crippen molar-refractivity contribution in [3.63, 3.8) is 0 Å². The summed E-state index contributed by atoms with van der Waals surface area (Å²) < 4.78 is 0. The minimum atomic E-state index is -0.0671. The number of likely N-dealkylation sites (N-methyl/N-ethyl adjacent to an activating group) is 1. The zero-order chi connectivity index (χ0) is 16.8. The van der Waals surface area contributed by atoms with Gasteiger partial charge in [0.05, 0.1) is 24.0 Å². The summed E-state index contributed by atoms with van der Waals surface area (Å²) in [5.41, 5.74) is 5.66. The maximum atomic E-state index is 12.8. The molecule has 0 radical (unpaired) electrons. The van der Waals surface area contributed by atoms with Gasteiger partial charge in [0.15, 0.2) is 0 Å². The van der Waals surface area contributed by atoms with Crippen LogP contribution in [0.2, 0.25) is 5.02 Å². The third kappa shape index (κ3) is 2.21. The smallest absolute Gasteiger partial charge is 0.241 e. The normalized spacial score (nSPS) is 18.2. The summed E-state index contributed by atoms with van der Waals surface area (Å²) >= 11 is 6.36. The van der Waals surface area contributed by atoms with E-state index in [4.69, 9.17) is 11.6 Å². The van der Waals surface area contributed by atoms with E-state index in [2.05, 4.69) is 29.3 Å². The van der Waals surface area contributed by atoms with E-state index >= 15 is 0 Å². The van der Waals surface area contributed by atoms with Gasteiger partial charge in [-0.05, 0) is 50.2 Å². The van der Waals surface area contributed by atoms with E-state index in [0.717, 1.165) is 34.9 Å². The fourth-order valence-electron chi connectivity index (χ4n) is 3.93. The number of anilines is 3. The Morgan fingerprint density at radius 3 is 2.79 bits per heavy atom. The Hall–Kier alpha value is -2.04. The van der Waals surface area contributed by atoms with Gasteiger partial charge in [-0.2, -0.15) is 0 Å². The van der Waals surface area contributed by atoms with Crippen LogP contribution >= 0.6 is 11.6 Å². The number of hydrogen-bond acceptors (Lipinski definition) is 3. The van der Waals surface area contributed by atoms with Crippen molar-refractivity contribution in [1.82, 2.24) is 5.32 Å². The van der Waals surface area contributed by atoms with Gasteiger partial charge in [-0.3, -0.25) is 4.79 Å². The molecule has 0 saturated carbocycles. The summed E-state index contributed by atoms with van der Waals surface area (Å²) in [6, 6.07) is 12.2. The Labute approximate surface area is 147 Å². The lowest BCUT2D eigenvalue weighted by atomic mass is 10.0. The first-order valence-corrected chi connectivity index (χ1v) is 8.65. The molecule has 1 amide bonds. The number of nitrogens with zero attached hydrogens (tertiary/aromatic N) is 2. The molecule has 1 unspecified atom stereocenters. The van der Waals surface area contributed by atoms with Crippen molar-refractivity contribution in [1.29, 1.82) is 0 Å². The average molecular weight is 342 g/mol. The van der Waals surface area contributed by atoms with Crippen molar-refractivity contribution in [3.05, 3.63) is 52.5 Å². The molecular weight excluding hydrogens is 322 g/mol. The first-order chi connectivity index (χ1) is 11.6. The Balaban J connectivity index is 1.98. The van der Waals surface area contributed by atoms with Gasteiger partial charge in [-0.1, -0.05) is 23.7 Å². The highest BCUT2D eigenvalue weighted by Crippen LogP contribution is 2.49. The second-order valence-electron chi connectivity index (χ2n) is 6.36. The highest BCUT2D eigenvalue weighted by atomic mass is 35.5. The van der Waals surface area contributed by atoms with Crippen LogP contribution < -0.4 is 15.1 Å². The van der Waals surface area contributed by atoms with Crippen LogP contribution in [0.15, 0.2) is 36.4 Å². The van der Waals surface area contributed by atoms with Crippen molar-refractivity contribution in [2.75, 3.05) is 29.9 Å². The largest absolute Gasteiger partial charge is 0.339 e. The number of nitrogens with one attached hydrogen (secondary N) is 1. The molecular formula is C19H20ClN3O. The van der Waals surface area contributed by atoms with Crippen molar-refractivity contribution < 1.29 is 4.79 Å². The Kier molecular flexibility index (Phi) is 3.74. The minimum absolute atomic E-state index is 0.0624. The molecule has 2 aliphatic heterocycles. The predicted molar refractivity (Wildman–Crippen MR) is 98.4 cm³/mol. The molecule has 4 rings (SSSR count). The highest BCUT2D eigenvalue weighted by molar-refractivity contribution is 6.31. The van der Waals surface area contributed by atoms with E-state index in [9.17, 15) is 4.79 Å². The van der Waals surface area contributed by atoms with Crippen molar-refractivity contribution in [2.24, 2.45) is 0 Å². The summed E-state index contributed by atoms with van der Waals surface area (Å²) in [5, 5.41) is 3.72. The second-order valence-corrected chi connectivity index (χ2v) is 6.80. The van der Waals surface area contributed by atoms with Crippen LogP contribution in [0.5, 0.6) is 0 Å². The zero-order valence-electron chi connectivity index (χ0n) is 13.8. The molecule has 0 saturated heterocycles. The fourth-order valence-corrected chi connectivity index (χ4v) is 4.18. The first kappa shape index (κ1) is 15.5. The maximum absolute atomic E-state index is 12.8. The van der Waals surface area contributed by atoms with Crippen LogP contribution in [0.3, 0.4) is 0 Å². The van der Waals surface area contributed by atoms with Gasteiger partial charge in [0.2, 0.25) is 5.91 Å². The Morgan fingerprint density at radius 1 is 1.29 bits per heavy atom. The second kappa shape index (κ2) is 5.80. The summed E-state index contributed by atoms with van der Waals surface area (Å²) in [5.74, 6) is 0.0624. The van der Waals surface area contributed by atoms with E-state index in [0.29, 0.717) is 6.54 Å². The number of carbonyl (C=O) groups is 1. The number of rotatable bonds is 2. The van der Waals surface area contributed by atoms with E-state index in [-0.39, 0.29) is 11.9 Å². The number of halogens is 1. The monoisotopic (exact) mass is 341 g/mol. The third-order valence-corrected chi connectivity index (χ3v) is 5.14. The van der Waals surface area contributed by atoms with Crippen molar-refractivity contribution in [3.8, 4) is 0 Å². The SMILES string of the molecule is CNCC(=O)N1c2ccccc2N2CCc3cc(Cl)cc(c32)C1C. The van der Waals surface area contributed by atoms with Gasteiger partial charge in [0.1, 0.15) is 0 Å². The number of fused-ring (bicyclic) bond motifs is 2. The van der Waals surface area contributed by atoms with E-state index in [1.54, 1.807) is 7.05 Å². The minimum Gasteiger partial charge on any atom is -0.339 e.